The van der Waals surface area contributed by atoms with E-state index < -0.39 is 12.1 Å². The summed E-state index contributed by atoms with van der Waals surface area (Å²) in [5.41, 5.74) is 1.78. The molecule has 1 aromatic carbocycles. The third-order valence-electron chi connectivity index (χ3n) is 2.77. The lowest BCUT2D eigenvalue weighted by Crippen LogP contribution is -2.45. The van der Waals surface area contributed by atoms with Gasteiger partial charge in [-0.2, -0.15) is 0 Å². The number of amides is 3. The van der Waals surface area contributed by atoms with Crippen molar-refractivity contribution < 1.29 is 14.3 Å². The molecule has 6 heteroatoms. The van der Waals surface area contributed by atoms with Crippen molar-refractivity contribution in [1.29, 1.82) is 0 Å². The molecule has 110 valence electrons. The van der Waals surface area contributed by atoms with Crippen LogP contribution in [-0.4, -0.2) is 31.6 Å². The molecule has 0 spiro atoms. The number of carbonyl (C=O) groups is 2. The topological polar surface area (TPSA) is 79.5 Å². The lowest BCUT2D eigenvalue weighted by Gasteiger charge is -2.17. The van der Waals surface area contributed by atoms with E-state index >= 15 is 0 Å². The molecule has 3 amide bonds. The molecular formula is C14H21N3O3. The Bertz CT molecular complexity index is 489. The van der Waals surface area contributed by atoms with Crippen LogP contribution in [0.3, 0.4) is 0 Å². The van der Waals surface area contributed by atoms with Gasteiger partial charge in [0.15, 0.2) is 0 Å². The van der Waals surface area contributed by atoms with Gasteiger partial charge in [0.1, 0.15) is 11.8 Å². The second-order valence-corrected chi connectivity index (χ2v) is 4.40. The first kappa shape index (κ1) is 15.8. The molecule has 1 atom stereocenters. The zero-order chi connectivity index (χ0) is 15.1. The van der Waals surface area contributed by atoms with Crippen molar-refractivity contribution in [2.75, 3.05) is 19.0 Å². The largest absolute Gasteiger partial charge is 0.497 e. The number of methoxy groups -OCH3 is 1. The first-order chi connectivity index (χ1) is 9.47. The van der Waals surface area contributed by atoms with Crippen LogP contribution < -0.4 is 20.7 Å². The summed E-state index contributed by atoms with van der Waals surface area (Å²) in [4.78, 5) is 23.1. The highest BCUT2D eigenvalue weighted by Gasteiger charge is 2.15. The van der Waals surface area contributed by atoms with Gasteiger partial charge < -0.3 is 15.4 Å². The highest BCUT2D eigenvalue weighted by Crippen LogP contribution is 2.21. The summed E-state index contributed by atoms with van der Waals surface area (Å²) >= 11 is 0. The molecule has 1 unspecified atom stereocenters. The SMILES string of the molecule is CCNC(=O)NC(=O)C(C)Nc1ccc(OC)cc1C. The molecule has 20 heavy (non-hydrogen) atoms. The zero-order valence-corrected chi connectivity index (χ0v) is 12.2. The fourth-order valence-corrected chi connectivity index (χ4v) is 1.65. The number of urea groups is 1. The lowest BCUT2D eigenvalue weighted by molar-refractivity contribution is -0.120. The van der Waals surface area contributed by atoms with Gasteiger partial charge in [0.05, 0.1) is 7.11 Å². The van der Waals surface area contributed by atoms with Crippen molar-refractivity contribution in [3.63, 3.8) is 0 Å². The molecular weight excluding hydrogens is 258 g/mol. The van der Waals surface area contributed by atoms with Gasteiger partial charge in [-0.15, -0.1) is 0 Å². The van der Waals surface area contributed by atoms with E-state index in [2.05, 4.69) is 16.0 Å². The molecule has 0 fully saturated rings. The van der Waals surface area contributed by atoms with Crippen LogP contribution in [0.5, 0.6) is 5.75 Å². The Morgan fingerprint density at radius 2 is 2.05 bits per heavy atom. The lowest BCUT2D eigenvalue weighted by atomic mass is 10.1. The quantitative estimate of drug-likeness (QED) is 0.765. The van der Waals surface area contributed by atoms with Gasteiger partial charge in [0, 0.05) is 12.2 Å². The monoisotopic (exact) mass is 279 g/mol. The van der Waals surface area contributed by atoms with E-state index in [1.54, 1.807) is 21.0 Å². The van der Waals surface area contributed by atoms with Crippen LogP contribution in [0.15, 0.2) is 18.2 Å². The molecule has 0 aromatic heterocycles. The van der Waals surface area contributed by atoms with Gasteiger partial charge in [0.25, 0.3) is 0 Å². The first-order valence-corrected chi connectivity index (χ1v) is 6.47. The Hall–Kier alpha value is -2.24. The van der Waals surface area contributed by atoms with Crippen molar-refractivity contribution in [2.24, 2.45) is 0 Å². The minimum atomic E-state index is -0.523. The van der Waals surface area contributed by atoms with E-state index in [0.717, 1.165) is 17.0 Å². The summed E-state index contributed by atoms with van der Waals surface area (Å²) in [5.74, 6) is 0.374. The van der Waals surface area contributed by atoms with Gasteiger partial charge in [0.2, 0.25) is 5.91 Å². The van der Waals surface area contributed by atoms with E-state index in [1.807, 2.05) is 25.1 Å². The minimum Gasteiger partial charge on any atom is -0.497 e. The highest BCUT2D eigenvalue weighted by atomic mass is 16.5. The molecule has 6 nitrogen and oxygen atoms in total. The standard InChI is InChI=1S/C14H21N3O3/c1-5-15-14(19)17-13(18)10(3)16-12-7-6-11(20-4)8-9(12)2/h6-8,10,16H,5H2,1-4H3,(H2,15,17,18,19). The van der Waals surface area contributed by atoms with Crippen LogP contribution in [-0.2, 0) is 4.79 Å². The van der Waals surface area contributed by atoms with Crippen molar-refractivity contribution in [1.82, 2.24) is 10.6 Å². The zero-order valence-electron chi connectivity index (χ0n) is 12.2. The Morgan fingerprint density at radius 1 is 1.35 bits per heavy atom. The number of rotatable bonds is 5. The number of carbonyl (C=O) groups excluding carboxylic acids is 2. The van der Waals surface area contributed by atoms with E-state index in [0.29, 0.717) is 6.54 Å². The molecule has 0 saturated carbocycles. The molecule has 0 aliphatic rings. The number of ether oxygens (including phenoxy) is 1. The number of imide groups is 1. The number of hydrogen-bond acceptors (Lipinski definition) is 4. The summed E-state index contributed by atoms with van der Waals surface area (Å²) in [7, 11) is 1.60. The number of anilines is 1. The van der Waals surface area contributed by atoms with Gasteiger partial charge in [-0.1, -0.05) is 0 Å². The van der Waals surface area contributed by atoms with Crippen LogP contribution in [0.2, 0.25) is 0 Å². The van der Waals surface area contributed by atoms with Crippen LogP contribution in [0.4, 0.5) is 10.5 Å². The summed E-state index contributed by atoms with van der Waals surface area (Å²) in [5, 5.41) is 7.83. The molecule has 0 saturated heterocycles. The van der Waals surface area contributed by atoms with E-state index in [9.17, 15) is 9.59 Å². The number of hydrogen-bond donors (Lipinski definition) is 3. The average molecular weight is 279 g/mol. The fourth-order valence-electron chi connectivity index (χ4n) is 1.65. The fraction of sp³-hybridized carbons (Fsp3) is 0.429. The Kier molecular flexibility index (Phi) is 5.83. The van der Waals surface area contributed by atoms with Crippen LogP contribution >= 0.6 is 0 Å². The summed E-state index contributed by atoms with van der Waals surface area (Å²) in [6.07, 6.45) is 0. The molecule has 1 rings (SSSR count). The third-order valence-corrected chi connectivity index (χ3v) is 2.77. The smallest absolute Gasteiger partial charge is 0.321 e. The maximum Gasteiger partial charge on any atom is 0.321 e. The summed E-state index contributed by atoms with van der Waals surface area (Å²) in [6, 6.07) is 4.51. The highest BCUT2D eigenvalue weighted by molar-refractivity contribution is 5.98. The first-order valence-electron chi connectivity index (χ1n) is 6.47. The van der Waals surface area contributed by atoms with Crippen LogP contribution in [0.25, 0.3) is 0 Å². The molecule has 0 aliphatic carbocycles. The Labute approximate surface area is 118 Å². The third kappa shape index (κ3) is 4.46. The van der Waals surface area contributed by atoms with Crippen molar-refractivity contribution in [3.05, 3.63) is 23.8 Å². The molecule has 0 heterocycles. The Morgan fingerprint density at radius 3 is 2.60 bits per heavy atom. The van der Waals surface area contributed by atoms with Gasteiger partial charge in [-0.05, 0) is 44.5 Å². The molecule has 1 aromatic rings. The maximum absolute atomic E-state index is 11.8. The summed E-state index contributed by atoms with van der Waals surface area (Å²) in [6.45, 7) is 5.86. The predicted molar refractivity (Wildman–Crippen MR) is 78.0 cm³/mol. The van der Waals surface area contributed by atoms with Crippen molar-refractivity contribution in [3.8, 4) is 5.75 Å². The number of nitrogens with one attached hydrogen (secondary N) is 3. The molecule has 0 bridgehead atoms. The number of benzene rings is 1. The van der Waals surface area contributed by atoms with E-state index in [-0.39, 0.29) is 5.91 Å². The van der Waals surface area contributed by atoms with Gasteiger partial charge in [-0.3, -0.25) is 10.1 Å². The molecule has 0 aliphatic heterocycles. The van der Waals surface area contributed by atoms with Gasteiger partial charge in [-0.25, -0.2) is 4.79 Å². The Balaban J connectivity index is 2.63. The second-order valence-electron chi connectivity index (χ2n) is 4.40. The summed E-state index contributed by atoms with van der Waals surface area (Å²) < 4.78 is 5.12. The van der Waals surface area contributed by atoms with Gasteiger partial charge >= 0.3 is 6.03 Å². The number of aryl methyl sites for hydroxylation is 1. The average Bonchev–Trinajstić information content (AvgIpc) is 2.41. The molecule has 3 N–H and O–H groups in total. The normalized spacial score (nSPS) is 11.4. The second kappa shape index (κ2) is 7.37. The molecule has 0 radical (unpaired) electrons. The van der Waals surface area contributed by atoms with Crippen molar-refractivity contribution >= 4 is 17.6 Å². The van der Waals surface area contributed by atoms with E-state index in [1.165, 1.54) is 0 Å². The van der Waals surface area contributed by atoms with Crippen LogP contribution in [0.1, 0.15) is 19.4 Å². The van der Waals surface area contributed by atoms with E-state index in [4.69, 9.17) is 4.74 Å². The van der Waals surface area contributed by atoms with Crippen LogP contribution in [0, 0.1) is 6.92 Å². The predicted octanol–water partition coefficient (Wildman–Crippen LogP) is 1.65. The maximum atomic E-state index is 11.8. The van der Waals surface area contributed by atoms with Crippen molar-refractivity contribution in [2.45, 2.75) is 26.8 Å². The minimum absolute atomic E-state index is 0.383.